The van der Waals surface area contributed by atoms with Gasteiger partial charge in [0.2, 0.25) is 0 Å². The molecule has 0 radical (unpaired) electrons. The van der Waals surface area contributed by atoms with Crippen LogP contribution in [-0.2, 0) is 6.61 Å². The topological polar surface area (TPSA) is 77.3 Å². The summed E-state index contributed by atoms with van der Waals surface area (Å²) >= 11 is 0. The molecule has 0 fully saturated rings. The zero-order chi connectivity index (χ0) is 15.2. The van der Waals surface area contributed by atoms with Crippen LogP contribution in [0, 0.1) is 17.0 Å². The highest BCUT2D eigenvalue weighted by Gasteiger charge is 2.11. The third-order valence-electron chi connectivity index (χ3n) is 2.99. The molecular formula is C15H17N3O3. The molecule has 0 aliphatic heterocycles. The van der Waals surface area contributed by atoms with E-state index in [9.17, 15) is 10.1 Å². The van der Waals surface area contributed by atoms with Gasteiger partial charge in [-0.3, -0.25) is 10.1 Å². The number of aryl methyl sites for hydroxylation is 1. The molecule has 6 heteroatoms. The van der Waals surface area contributed by atoms with Crippen LogP contribution in [0.2, 0.25) is 0 Å². The SMILES string of the molecule is CCNc1ncccc1COc1ccc([N+](=O)[O-])c(C)c1. The van der Waals surface area contributed by atoms with Gasteiger partial charge in [0.1, 0.15) is 18.2 Å². The van der Waals surface area contributed by atoms with E-state index in [0.29, 0.717) is 17.9 Å². The molecule has 0 unspecified atom stereocenters. The van der Waals surface area contributed by atoms with Crippen LogP contribution >= 0.6 is 0 Å². The number of anilines is 1. The van der Waals surface area contributed by atoms with Crippen LogP contribution in [0.15, 0.2) is 36.5 Å². The van der Waals surface area contributed by atoms with Crippen LogP contribution in [0.1, 0.15) is 18.1 Å². The molecule has 21 heavy (non-hydrogen) atoms. The predicted octanol–water partition coefficient (Wildman–Crippen LogP) is 3.31. The van der Waals surface area contributed by atoms with Crippen molar-refractivity contribution in [1.82, 2.24) is 4.98 Å². The number of benzene rings is 1. The highest BCUT2D eigenvalue weighted by Crippen LogP contribution is 2.24. The zero-order valence-electron chi connectivity index (χ0n) is 12.0. The summed E-state index contributed by atoms with van der Waals surface area (Å²) in [5, 5.41) is 13.9. The molecule has 0 amide bonds. The number of nitrogens with one attached hydrogen (secondary N) is 1. The number of aromatic nitrogens is 1. The van der Waals surface area contributed by atoms with Crippen molar-refractivity contribution in [2.24, 2.45) is 0 Å². The van der Waals surface area contributed by atoms with Crippen molar-refractivity contribution in [3.05, 3.63) is 57.8 Å². The van der Waals surface area contributed by atoms with E-state index in [1.165, 1.54) is 6.07 Å². The summed E-state index contributed by atoms with van der Waals surface area (Å²) in [6, 6.07) is 8.51. The number of hydrogen-bond donors (Lipinski definition) is 1. The van der Waals surface area contributed by atoms with E-state index >= 15 is 0 Å². The molecule has 0 saturated carbocycles. The van der Waals surface area contributed by atoms with Crippen molar-refractivity contribution in [3.8, 4) is 5.75 Å². The second-order valence-electron chi connectivity index (χ2n) is 4.54. The van der Waals surface area contributed by atoms with Crippen LogP contribution in [0.3, 0.4) is 0 Å². The molecule has 0 aliphatic rings. The first-order valence-corrected chi connectivity index (χ1v) is 6.67. The highest BCUT2D eigenvalue weighted by atomic mass is 16.6. The minimum atomic E-state index is -0.399. The van der Waals surface area contributed by atoms with Crippen molar-refractivity contribution in [3.63, 3.8) is 0 Å². The Hall–Kier alpha value is -2.63. The Morgan fingerprint density at radius 2 is 2.19 bits per heavy atom. The van der Waals surface area contributed by atoms with E-state index in [2.05, 4.69) is 10.3 Å². The number of hydrogen-bond acceptors (Lipinski definition) is 5. The van der Waals surface area contributed by atoms with E-state index < -0.39 is 4.92 Å². The van der Waals surface area contributed by atoms with Crippen LogP contribution < -0.4 is 10.1 Å². The van der Waals surface area contributed by atoms with Gasteiger partial charge in [-0.15, -0.1) is 0 Å². The number of nitrogens with zero attached hydrogens (tertiary/aromatic N) is 2. The Morgan fingerprint density at radius 1 is 1.38 bits per heavy atom. The quantitative estimate of drug-likeness (QED) is 0.651. The first kappa shape index (κ1) is 14.8. The normalized spacial score (nSPS) is 10.2. The number of pyridine rings is 1. The molecule has 110 valence electrons. The van der Waals surface area contributed by atoms with Crippen LogP contribution in [0.5, 0.6) is 5.75 Å². The van der Waals surface area contributed by atoms with Crippen molar-refractivity contribution >= 4 is 11.5 Å². The first-order chi connectivity index (χ1) is 10.1. The third kappa shape index (κ3) is 3.68. The van der Waals surface area contributed by atoms with E-state index in [0.717, 1.165) is 17.9 Å². The van der Waals surface area contributed by atoms with Gasteiger partial charge in [0, 0.05) is 29.9 Å². The molecule has 0 saturated heterocycles. The van der Waals surface area contributed by atoms with Gasteiger partial charge in [-0.2, -0.15) is 0 Å². The Balaban J connectivity index is 2.10. The van der Waals surface area contributed by atoms with Crippen LogP contribution in [-0.4, -0.2) is 16.5 Å². The minimum absolute atomic E-state index is 0.0945. The van der Waals surface area contributed by atoms with Gasteiger partial charge < -0.3 is 10.1 Å². The highest BCUT2D eigenvalue weighted by molar-refractivity contribution is 5.45. The van der Waals surface area contributed by atoms with E-state index in [-0.39, 0.29) is 5.69 Å². The average Bonchev–Trinajstić information content (AvgIpc) is 2.46. The molecule has 6 nitrogen and oxygen atoms in total. The van der Waals surface area contributed by atoms with Crippen molar-refractivity contribution in [2.75, 3.05) is 11.9 Å². The van der Waals surface area contributed by atoms with Crippen LogP contribution in [0.25, 0.3) is 0 Å². The molecule has 1 aromatic heterocycles. The zero-order valence-corrected chi connectivity index (χ0v) is 12.0. The van der Waals surface area contributed by atoms with Gasteiger partial charge in [-0.25, -0.2) is 4.98 Å². The third-order valence-corrected chi connectivity index (χ3v) is 2.99. The second kappa shape index (κ2) is 6.69. The van der Waals surface area contributed by atoms with Crippen molar-refractivity contribution in [2.45, 2.75) is 20.5 Å². The minimum Gasteiger partial charge on any atom is -0.489 e. The largest absolute Gasteiger partial charge is 0.489 e. The monoisotopic (exact) mass is 287 g/mol. The molecule has 1 N–H and O–H groups in total. The van der Waals surface area contributed by atoms with Gasteiger partial charge in [0.25, 0.3) is 5.69 Å². The van der Waals surface area contributed by atoms with Gasteiger partial charge in [-0.05, 0) is 32.0 Å². The molecule has 2 rings (SSSR count). The number of rotatable bonds is 6. The smallest absolute Gasteiger partial charge is 0.272 e. The lowest BCUT2D eigenvalue weighted by molar-refractivity contribution is -0.385. The fourth-order valence-corrected chi connectivity index (χ4v) is 1.97. The summed E-state index contributed by atoms with van der Waals surface area (Å²) in [5.41, 5.74) is 1.61. The number of nitro groups is 1. The maximum Gasteiger partial charge on any atom is 0.272 e. The van der Waals surface area contributed by atoms with E-state index in [1.54, 1.807) is 25.3 Å². The fraction of sp³-hybridized carbons (Fsp3) is 0.267. The lowest BCUT2D eigenvalue weighted by Gasteiger charge is -2.11. The molecule has 1 heterocycles. The van der Waals surface area contributed by atoms with Crippen molar-refractivity contribution in [1.29, 1.82) is 0 Å². The van der Waals surface area contributed by atoms with E-state index in [4.69, 9.17) is 4.74 Å². The molecule has 0 atom stereocenters. The molecule has 0 aliphatic carbocycles. The lowest BCUT2D eigenvalue weighted by atomic mass is 10.2. The molecule has 2 aromatic rings. The predicted molar refractivity (Wildman–Crippen MR) is 80.6 cm³/mol. The van der Waals surface area contributed by atoms with Gasteiger partial charge in [0.05, 0.1) is 4.92 Å². The molecule has 1 aromatic carbocycles. The van der Waals surface area contributed by atoms with Gasteiger partial charge >= 0.3 is 0 Å². The molecular weight excluding hydrogens is 270 g/mol. The maximum absolute atomic E-state index is 10.8. The maximum atomic E-state index is 10.8. The first-order valence-electron chi connectivity index (χ1n) is 6.67. The Kier molecular flexibility index (Phi) is 4.71. The Bertz CT molecular complexity index is 644. The standard InChI is InChI=1S/C15H17N3O3/c1-3-16-15-12(5-4-8-17-15)10-21-13-6-7-14(18(19)20)11(2)9-13/h4-9H,3,10H2,1-2H3,(H,16,17). The lowest BCUT2D eigenvalue weighted by Crippen LogP contribution is -2.05. The molecule has 0 spiro atoms. The summed E-state index contributed by atoms with van der Waals surface area (Å²) in [4.78, 5) is 14.6. The van der Waals surface area contributed by atoms with Gasteiger partial charge in [-0.1, -0.05) is 6.07 Å². The summed E-state index contributed by atoms with van der Waals surface area (Å²) in [6.45, 7) is 4.83. The van der Waals surface area contributed by atoms with Gasteiger partial charge in [0.15, 0.2) is 0 Å². The Labute approximate surface area is 122 Å². The average molecular weight is 287 g/mol. The summed E-state index contributed by atoms with van der Waals surface area (Å²) in [7, 11) is 0. The summed E-state index contributed by atoms with van der Waals surface area (Å²) in [5.74, 6) is 1.39. The second-order valence-corrected chi connectivity index (χ2v) is 4.54. The summed E-state index contributed by atoms with van der Waals surface area (Å²) < 4.78 is 5.69. The van der Waals surface area contributed by atoms with Crippen molar-refractivity contribution < 1.29 is 9.66 Å². The number of nitro benzene ring substituents is 1. The van der Waals surface area contributed by atoms with Crippen LogP contribution in [0.4, 0.5) is 11.5 Å². The number of ether oxygens (including phenoxy) is 1. The Morgan fingerprint density at radius 3 is 2.86 bits per heavy atom. The van der Waals surface area contributed by atoms with E-state index in [1.807, 2.05) is 19.1 Å². The molecule has 0 bridgehead atoms. The summed E-state index contributed by atoms with van der Waals surface area (Å²) in [6.07, 6.45) is 1.72. The fourth-order valence-electron chi connectivity index (χ4n) is 1.97.